The zero-order valence-corrected chi connectivity index (χ0v) is 17.9. The van der Waals surface area contributed by atoms with E-state index in [1.165, 1.54) is 5.56 Å². The van der Waals surface area contributed by atoms with E-state index in [0.717, 1.165) is 24.0 Å². The third kappa shape index (κ3) is 4.41. The predicted octanol–water partition coefficient (Wildman–Crippen LogP) is 3.94. The number of amides is 2. The van der Waals surface area contributed by atoms with Gasteiger partial charge < -0.3 is 10.6 Å². The lowest BCUT2D eigenvalue weighted by molar-refractivity contribution is -0.132. The van der Waals surface area contributed by atoms with Crippen LogP contribution in [0.15, 0.2) is 54.6 Å². The molecule has 3 N–H and O–H groups in total. The topological polar surface area (TPSA) is 70.2 Å². The summed E-state index contributed by atoms with van der Waals surface area (Å²) >= 11 is 0. The molecule has 0 spiro atoms. The number of hydrogen-bond acceptors (Lipinski definition) is 3. The van der Waals surface area contributed by atoms with Gasteiger partial charge in [0.25, 0.3) is 0 Å². The molecule has 0 aromatic heterocycles. The van der Waals surface area contributed by atoms with Crippen LogP contribution in [-0.4, -0.2) is 17.9 Å². The van der Waals surface area contributed by atoms with Crippen LogP contribution in [0.2, 0.25) is 0 Å². The van der Waals surface area contributed by atoms with Gasteiger partial charge in [-0.2, -0.15) is 0 Å². The van der Waals surface area contributed by atoms with Gasteiger partial charge in [-0.1, -0.05) is 75.4 Å². The number of nitrogens with one attached hydrogen (secondary N) is 3. The average molecular weight is 406 g/mol. The minimum absolute atomic E-state index is 0.0480. The highest BCUT2D eigenvalue weighted by atomic mass is 16.2. The highest BCUT2D eigenvalue weighted by molar-refractivity contribution is 5.90. The molecule has 30 heavy (non-hydrogen) atoms. The fraction of sp³-hybridized carbons (Fsp3) is 0.440. The third-order valence-electron chi connectivity index (χ3n) is 6.47. The lowest BCUT2D eigenvalue weighted by Crippen LogP contribution is -2.57. The highest BCUT2D eigenvalue weighted by Crippen LogP contribution is 2.54. The highest BCUT2D eigenvalue weighted by Gasteiger charge is 2.47. The van der Waals surface area contributed by atoms with Crippen LogP contribution >= 0.6 is 0 Å². The van der Waals surface area contributed by atoms with Crippen molar-refractivity contribution in [2.24, 2.45) is 5.41 Å². The van der Waals surface area contributed by atoms with Gasteiger partial charge in [-0.05, 0) is 40.9 Å². The minimum atomic E-state index is -0.552. The van der Waals surface area contributed by atoms with Crippen LogP contribution in [0.4, 0.5) is 0 Å². The van der Waals surface area contributed by atoms with Crippen molar-refractivity contribution in [3.05, 3.63) is 71.3 Å². The van der Waals surface area contributed by atoms with Crippen LogP contribution in [0.5, 0.6) is 0 Å². The van der Waals surface area contributed by atoms with Gasteiger partial charge in [0.15, 0.2) is 0 Å². The minimum Gasteiger partial charge on any atom is -0.347 e. The molecule has 1 aliphatic heterocycles. The Morgan fingerprint density at radius 2 is 1.67 bits per heavy atom. The molecule has 1 saturated heterocycles. The molecule has 0 bridgehead atoms. The molecule has 4 rings (SSSR count). The van der Waals surface area contributed by atoms with Crippen molar-refractivity contribution in [2.45, 2.75) is 64.2 Å². The summed E-state index contributed by atoms with van der Waals surface area (Å²) in [5.41, 5.74) is 3.44. The maximum atomic E-state index is 13.2. The van der Waals surface area contributed by atoms with E-state index in [-0.39, 0.29) is 35.9 Å². The predicted molar refractivity (Wildman–Crippen MR) is 118 cm³/mol. The van der Waals surface area contributed by atoms with Crippen molar-refractivity contribution in [1.82, 2.24) is 16.0 Å². The molecule has 2 aromatic carbocycles. The molecule has 0 radical (unpaired) electrons. The summed E-state index contributed by atoms with van der Waals surface area (Å²) in [7, 11) is 0. The average Bonchev–Trinajstić information content (AvgIpc) is 3.50. The molecule has 5 heteroatoms. The van der Waals surface area contributed by atoms with Gasteiger partial charge in [0.05, 0.1) is 18.5 Å². The second-order valence-corrected chi connectivity index (χ2v) is 9.25. The summed E-state index contributed by atoms with van der Waals surface area (Å²) < 4.78 is 0. The Balaban J connectivity index is 1.50. The van der Waals surface area contributed by atoms with Gasteiger partial charge >= 0.3 is 0 Å². The molecule has 2 amide bonds. The summed E-state index contributed by atoms with van der Waals surface area (Å²) in [5.74, 6) is 0.249. The summed E-state index contributed by atoms with van der Waals surface area (Å²) in [6.07, 6.45) is 1.97. The van der Waals surface area contributed by atoms with Gasteiger partial charge in [-0.3, -0.25) is 14.9 Å². The first-order valence-electron chi connectivity index (χ1n) is 10.9. The van der Waals surface area contributed by atoms with Gasteiger partial charge in [-0.25, -0.2) is 0 Å². The van der Waals surface area contributed by atoms with E-state index in [1.54, 1.807) is 0 Å². The second kappa shape index (κ2) is 8.23. The SMILES string of the molecule is CC(C)c1ccc([C@H](NC(=O)C2CC(=O)NC(c3ccccc3)N2)C2(C)CC2)cc1. The molecule has 2 aromatic rings. The molecule has 1 heterocycles. The van der Waals surface area contributed by atoms with E-state index in [1.807, 2.05) is 30.3 Å². The quantitative estimate of drug-likeness (QED) is 0.682. The van der Waals surface area contributed by atoms with Crippen molar-refractivity contribution in [2.75, 3.05) is 0 Å². The third-order valence-corrected chi connectivity index (χ3v) is 6.47. The first kappa shape index (κ1) is 20.6. The Morgan fingerprint density at radius 3 is 2.27 bits per heavy atom. The second-order valence-electron chi connectivity index (χ2n) is 9.25. The molecule has 5 nitrogen and oxygen atoms in total. The first-order chi connectivity index (χ1) is 14.4. The van der Waals surface area contributed by atoms with Crippen LogP contribution in [0.3, 0.4) is 0 Å². The van der Waals surface area contributed by atoms with Crippen molar-refractivity contribution >= 4 is 11.8 Å². The molecule has 158 valence electrons. The molecule has 3 atom stereocenters. The summed E-state index contributed by atoms with van der Waals surface area (Å²) in [6, 6.07) is 17.7. The largest absolute Gasteiger partial charge is 0.347 e. The first-order valence-corrected chi connectivity index (χ1v) is 10.9. The lowest BCUT2D eigenvalue weighted by Gasteiger charge is -2.33. The number of rotatable bonds is 6. The molecule has 2 aliphatic rings. The number of benzene rings is 2. The van der Waals surface area contributed by atoms with Crippen LogP contribution in [0.1, 0.15) is 74.8 Å². The molecule has 2 unspecified atom stereocenters. The monoisotopic (exact) mass is 405 g/mol. The van der Waals surface area contributed by atoms with Crippen molar-refractivity contribution in [3.8, 4) is 0 Å². The standard InChI is InChI=1S/C25H31N3O2/c1-16(2)17-9-11-18(12-10-17)22(25(3)13-14-25)28-24(30)20-15-21(29)27-23(26-20)19-7-5-4-6-8-19/h4-12,16,20,22-23,26H,13-15H2,1-3H3,(H,27,29)(H,28,30)/t20?,22-,23?/m0/s1. The summed E-state index contributed by atoms with van der Waals surface area (Å²) in [6.45, 7) is 6.58. The maximum Gasteiger partial charge on any atom is 0.238 e. The smallest absolute Gasteiger partial charge is 0.238 e. The summed E-state index contributed by atoms with van der Waals surface area (Å²) in [5, 5.41) is 9.51. The number of carbonyl (C=O) groups is 2. The Morgan fingerprint density at radius 1 is 1.03 bits per heavy atom. The number of hydrogen-bond donors (Lipinski definition) is 3. The van der Waals surface area contributed by atoms with Crippen LogP contribution in [-0.2, 0) is 9.59 Å². The van der Waals surface area contributed by atoms with Crippen molar-refractivity contribution in [3.63, 3.8) is 0 Å². The van der Waals surface area contributed by atoms with Gasteiger partial charge in [0.1, 0.15) is 6.17 Å². The van der Waals surface area contributed by atoms with Crippen molar-refractivity contribution in [1.29, 1.82) is 0 Å². The van der Waals surface area contributed by atoms with Crippen LogP contribution < -0.4 is 16.0 Å². The Hall–Kier alpha value is -2.66. The Kier molecular flexibility index (Phi) is 5.65. The summed E-state index contributed by atoms with van der Waals surface area (Å²) in [4.78, 5) is 25.5. The van der Waals surface area contributed by atoms with Gasteiger partial charge in [0, 0.05) is 0 Å². The molecule has 1 saturated carbocycles. The van der Waals surface area contributed by atoms with Gasteiger partial charge in [-0.15, -0.1) is 0 Å². The van der Waals surface area contributed by atoms with E-state index < -0.39 is 6.04 Å². The van der Waals surface area contributed by atoms with Crippen LogP contribution in [0.25, 0.3) is 0 Å². The molecule has 1 aliphatic carbocycles. The van der Waals surface area contributed by atoms with Crippen molar-refractivity contribution < 1.29 is 9.59 Å². The van der Waals surface area contributed by atoms with E-state index in [2.05, 4.69) is 61.0 Å². The Bertz CT molecular complexity index is 904. The maximum absolute atomic E-state index is 13.2. The van der Waals surface area contributed by atoms with E-state index in [4.69, 9.17) is 0 Å². The van der Waals surface area contributed by atoms with E-state index >= 15 is 0 Å². The van der Waals surface area contributed by atoms with Gasteiger partial charge in [0.2, 0.25) is 11.8 Å². The lowest BCUT2D eigenvalue weighted by atomic mass is 9.89. The van der Waals surface area contributed by atoms with E-state index in [9.17, 15) is 9.59 Å². The Labute approximate surface area is 178 Å². The fourth-order valence-corrected chi connectivity index (χ4v) is 4.16. The zero-order valence-electron chi connectivity index (χ0n) is 17.9. The molecular formula is C25H31N3O2. The van der Waals surface area contributed by atoms with E-state index in [0.29, 0.717) is 5.92 Å². The zero-order chi connectivity index (χ0) is 21.3. The number of carbonyl (C=O) groups excluding carboxylic acids is 2. The molecule has 2 fully saturated rings. The van der Waals surface area contributed by atoms with Crippen LogP contribution in [0, 0.1) is 5.41 Å². The normalized spacial score (nSPS) is 23.5. The fourth-order valence-electron chi connectivity index (χ4n) is 4.16. The molecular weight excluding hydrogens is 374 g/mol.